The molecule has 1 saturated carbocycles. The van der Waals surface area contributed by atoms with Gasteiger partial charge in [-0.3, -0.25) is 0 Å². The molecule has 0 spiro atoms. The van der Waals surface area contributed by atoms with Crippen LogP contribution in [-0.2, 0) is 4.74 Å². The van der Waals surface area contributed by atoms with Crippen LogP contribution >= 0.6 is 0 Å². The third-order valence-corrected chi connectivity index (χ3v) is 3.23. The van der Waals surface area contributed by atoms with E-state index in [4.69, 9.17) is 9.84 Å². The van der Waals surface area contributed by atoms with E-state index in [1.54, 1.807) is 0 Å². The smallest absolute Gasteiger partial charge is 0.410 e. The first-order valence-electron chi connectivity index (χ1n) is 5.25. The molecule has 1 amide bonds. The Morgan fingerprint density at radius 1 is 1.64 bits per heavy atom. The number of hydrogen-bond donors (Lipinski definition) is 1. The Hall–Kier alpha value is -0.770. The molecule has 0 radical (unpaired) electrons. The summed E-state index contributed by atoms with van der Waals surface area (Å²) in [7, 11) is 0. The number of amides is 1. The van der Waals surface area contributed by atoms with Gasteiger partial charge in [0.05, 0.1) is 6.54 Å². The van der Waals surface area contributed by atoms with Crippen molar-refractivity contribution in [3.05, 3.63) is 0 Å². The summed E-state index contributed by atoms with van der Waals surface area (Å²) in [6.45, 7) is 2.60. The van der Waals surface area contributed by atoms with Gasteiger partial charge < -0.3 is 14.7 Å². The highest BCUT2D eigenvalue weighted by molar-refractivity contribution is 5.71. The minimum Gasteiger partial charge on any atom is -0.441 e. The summed E-state index contributed by atoms with van der Waals surface area (Å²) in [6, 6.07) is 0.392. The zero-order valence-corrected chi connectivity index (χ0v) is 8.53. The number of aliphatic hydroxyl groups excluding tert-OH is 1. The van der Waals surface area contributed by atoms with Crippen molar-refractivity contribution < 1.29 is 14.6 Å². The first-order chi connectivity index (χ1) is 6.64. The van der Waals surface area contributed by atoms with E-state index >= 15 is 0 Å². The van der Waals surface area contributed by atoms with Crippen molar-refractivity contribution in [1.29, 1.82) is 0 Å². The van der Waals surface area contributed by atoms with Crippen LogP contribution in [0.1, 0.15) is 32.6 Å². The van der Waals surface area contributed by atoms with E-state index in [1.807, 2.05) is 11.8 Å². The lowest BCUT2D eigenvalue weighted by atomic mass is 9.91. The number of hydrogen-bond acceptors (Lipinski definition) is 3. The lowest BCUT2D eigenvalue weighted by Crippen LogP contribution is -2.42. The quantitative estimate of drug-likeness (QED) is 0.741. The van der Waals surface area contributed by atoms with Crippen LogP contribution in [0.25, 0.3) is 0 Å². The van der Waals surface area contributed by atoms with Gasteiger partial charge in [0.2, 0.25) is 0 Å². The Morgan fingerprint density at radius 2 is 2.36 bits per heavy atom. The van der Waals surface area contributed by atoms with Gasteiger partial charge in [-0.25, -0.2) is 4.79 Å². The molecule has 2 rings (SSSR count). The number of carbonyl (C=O) groups excluding carboxylic acids is 1. The minimum absolute atomic E-state index is 0.0717. The first kappa shape index (κ1) is 9.77. The van der Waals surface area contributed by atoms with Crippen LogP contribution < -0.4 is 0 Å². The summed E-state index contributed by atoms with van der Waals surface area (Å²) in [4.78, 5) is 13.3. The fourth-order valence-corrected chi connectivity index (χ4v) is 2.07. The number of carbonyl (C=O) groups is 1. The molecule has 1 unspecified atom stereocenters. The molecular formula is C10H17NO3. The highest BCUT2D eigenvalue weighted by Crippen LogP contribution is 2.33. The fourth-order valence-electron chi connectivity index (χ4n) is 2.07. The standard InChI is InChI=1S/C10H17NO3/c1-10(5-6-12)7-11(9(13)14-10)8-3-2-4-8/h8,12H,2-7H2,1H3. The summed E-state index contributed by atoms with van der Waals surface area (Å²) in [6.07, 6.45) is 3.74. The van der Waals surface area contributed by atoms with E-state index in [-0.39, 0.29) is 12.7 Å². The van der Waals surface area contributed by atoms with E-state index < -0.39 is 5.60 Å². The second kappa shape index (κ2) is 3.42. The second-order valence-corrected chi connectivity index (χ2v) is 4.50. The Kier molecular flexibility index (Phi) is 2.39. The van der Waals surface area contributed by atoms with Gasteiger partial charge in [0.1, 0.15) is 5.60 Å². The van der Waals surface area contributed by atoms with Crippen molar-refractivity contribution >= 4 is 6.09 Å². The molecule has 0 bridgehead atoms. The number of nitrogens with zero attached hydrogens (tertiary/aromatic N) is 1. The van der Waals surface area contributed by atoms with E-state index in [9.17, 15) is 4.79 Å². The number of cyclic esters (lactones) is 1. The van der Waals surface area contributed by atoms with Crippen molar-refractivity contribution in [3.8, 4) is 0 Å². The van der Waals surface area contributed by atoms with Crippen LogP contribution in [0, 0.1) is 0 Å². The third kappa shape index (κ3) is 1.59. The van der Waals surface area contributed by atoms with Crippen LogP contribution in [-0.4, -0.2) is 40.9 Å². The summed E-state index contributed by atoms with van der Waals surface area (Å²) in [5.41, 5.74) is -0.471. The van der Waals surface area contributed by atoms with Crippen molar-refractivity contribution in [2.75, 3.05) is 13.2 Å². The molecule has 0 aromatic rings. The maximum Gasteiger partial charge on any atom is 0.410 e. The van der Waals surface area contributed by atoms with Gasteiger partial charge in [-0.2, -0.15) is 0 Å². The zero-order chi connectivity index (χ0) is 10.2. The highest BCUT2D eigenvalue weighted by Gasteiger charge is 2.44. The van der Waals surface area contributed by atoms with Gasteiger partial charge in [0, 0.05) is 19.1 Å². The van der Waals surface area contributed by atoms with Crippen LogP contribution in [0.4, 0.5) is 4.79 Å². The molecule has 1 N–H and O–H groups in total. The van der Waals surface area contributed by atoms with Gasteiger partial charge in [-0.15, -0.1) is 0 Å². The summed E-state index contributed by atoms with van der Waals surface area (Å²) >= 11 is 0. The summed E-state index contributed by atoms with van der Waals surface area (Å²) < 4.78 is 5.29. The fraction of sp³-hybridized carbons (Fsp3) is 0.900. The molecule has 2 aliphatic rings. The topological polar surface area (TPSA) is 49.8 Å². The van der Waals surface area contributed by atoms with Crippen molar-refractivity contribution in [1.82, 2.24) is 4.90 Å². The monoisotopic (exact) mass is 199 g/mol. The van der Waals surface area contributed by atoms with E-state index in [0.717, 1.165) is 12.8 Å². The van der Waals surface area contributed by atoms with Crippen LogP contribution in [0.3, 0.4) is 0 Å². The van der Waals surface area contributed by atoms with E-state index in [1.165, 1.54) is 6.42 Å². The molecule has 1 heterocycles. The zero-order valence-electron chi connectivity index (χ0n) is 8.53. The van der Waals surface area contributed by atoms with E-state index in [2.05, 4.69) is 0 Å². The molecule has 1 aliphatic heterocycles. The van der Waals surface area contributed by atoms with Crippen molar-refractivity contribution in [2.45, 2.75) is 44.2 Å². The number of ether oxygens (including phenoxy) is 1. The van der Waals surface area contributed by atoms with Gasteiger partial charge in [-0.1, -0.05) is 0 Å². The number of aliphatic hydroxyl groups is 1. The molecule has 1 atom stereocenters. The molecule has 80 valence electrons. The maximum atomic E-state index is 11.5. The predicted molar refractivity (Wildman–Crippen MR) is 50.9 cm³/mol. The van der Waals surface area contributed by atoms with Crippen LogP contribution in [0.2, 0.25) is 0 Å². The Labute approximate surface area is 83.8 Å². The lowest BCUT2D eigenvalue weighted by molar-refractivity contribution is 0.0501. The molecule has 1 saturated heterocycles. The molecule has 4 heteroatoms. The first-order valence-corrected chi connectivity index (χ1v) is 5.25. The molecule has 0 aromatic heterocycles. The molecular weight excluding hydrogens is 182 g/mol. The molecule has 2 fully saturated rings. The van der Waals surface area contributed by atoms with Gasteiger partial charge >= 0.3 is 6.09 Å². The Balaban J connectivity index is 1.98. The van der Waals surface area contributed by atoms with Gasteiger partial charge in [0.25, 0.3) is 0 Å². The lowest BCUT2D eigenvalue weighted by Gasteiger charge is -2.33. The van der Waals surface area contributed by atoms with Crippen LogP contribution in [0.5, 0.6) is 0 Å². The Bertz CT molecular complexity index is 240. The molecule has 14 heavy (non-hydrogen) atoms. The Morgan fingerprint density at radius 3 is 2.86 bits per heavy atom. The average molecular weight is 199 g/mol. The molecule has 1 aliphatic carbocycles. The van der Waals surface area contributed by atoms with Gasteiger partial charge in [0.15, 0.2) is 0 Å². The highest BCUT2D eigenvalue weighted by atomic mass is 16.6. The SMILES string of the molecule is CC1(CCO)CN(C2CCC2)C(=O)O1. The minimum atomic E-state index is -0.471. The van der Waals surface area contributed by atoms with Gasteiger partial charge in [-0.05, 0) is 26.2 Å². The van der Waals surface area contributed by atoms with Crippen molar-refractivity contribution in [2.24, 2.45) is 0 Å². The summed E-state index contributed by atoms with van der Waals surface area (Å²) in [5.74, 6) is 0. The maximum absolute atomic E-state index is 11.5. The van der Waals surface area contributed by atoms with E-state index in [0.29, 0.717) is 19.0 Å². The molecule has 0 aromatic carbocycles. The predicted octanol–water partition coefficient (Wildman–Crippen LogP) is 1.13. The largest absolute Gasteiger partial charge is 0.441 e. The number of rotatable bonds is 3. The third-order valence-electron chi connectivity index (χ3n) is 3.23. The van der Waals surface area contributed by atoms with Crippen LogP contribution in [0.15, 0.2) is 0 Å². The average Bonchev–Trinajstić information content (AvgIpc) is 2.24. The second-order valence-electron chi connectivity index (χ2n) is 4.50. The van der Waals surface area contributed by atoms with Crippen molar-refractivity contribution in [3.63, 3.8) is 0 Å². The summed E-state index contributed by atoms with van der Waals surface area (Å²) in [5, 5.41) is 8.86. The normalized spacial score (nSPS) is 33.0. The molecule has 4 nitrogen and oxygen atoms in total.